The molecule has 21 heavy (non-hydrogen) atoms. The lowest BCUT2D eigenvalue weighted by Gasteiger charge is -2.22. The molecular weight excluding hydrogens is 275 g/mol. The minimum absolute atomic E-state index is 0.0614. The van der Waals surface area contributed by atoms with Crippen LogP contribution >= 0.6 is 0 Å². The molecule has 1 aliphatic heterocycles. The van der Waals surface area contributed by atoms with E-state index in [0.717, 1.165) is 6.42 Å². The number of nitrogens with zero attached hydrogens (tertiary/aromatic N) is 2. The third-order valence-corrected chi connectivity index (χ3v) is 3.49. The number of hydrogen-bond acceptors (Lipinski definition) is 3. The smallest absolute Gasteiger partial charge is 0.253 e. The minimum atomic E-state index is -0.362. The average Bonchev–Trinajstić information content (AvgIpc) is 2.73. The molecule has 0 N–H and O–H groups in total. The Bertz CT molecular complexity index is 504. The first-order valence-electron chi connectivity index (χ1n) is 6.93. The van der Waals surface area contributed by atoms with Crippen LogP contribution in [0.25, 0.3) is 0 Å². The van der Waals surface area contributed by atoms with E-state index in [1.165, 1.54) is 31.4 Å². The molecule has 1 saturated heterocycles. The maximum absolute atomic E-state index is 12.9. The maximum atomic E-state index is 12.9. The van der Waals surface area contributed by atoms with Crippen LogP contribution in [0.2, 0.25) is 0 Å². The number of ether oxygens (including phenoxy) is 1. The normalized spacial score (nSPS) is 15.7. The van der Waals surface area contributed by atoms with E-state index < -0.39 is 0 Å². The molecule has 1 aliphatic rings. The van der Waals surface area contributed by atoms with E-state index in [-0.39, 0.29) is 24.2 Å². The molecule has 0 atom stereocenters. The Balaban J connectivity index is 1.97. The van der Waals surface area contributed by atoms with E-state index >= 15 is 0 Å². The van der Waals surface area contributed by atoms with Crippen molar-refractivity contribution in [3.8, 4) is 0 Å². The first-order valence-corrected chi connectivity index (χ1v) is 6.93. The summed E-state index contributed by atoms with van der Waals surface area (Å²) < 4.78 is 17.7. The fourth-order valence-corrected chi connectivity index (χ4v) is 2.36. The molecule has 0 saturated carbocycles. The first kappa shape index (κ1) is 15.4. The molecule has 0 radical (unpaired) electrons. The predicted octanol–water partition coefficient (Wildman–Crippen LogP) is 1.15. The number of methoxy groups -OCH3 is 1. The summed E-state index contributed by atoms with van der Waals surface area (Å²) in [6.07, 6.45) is 0.725. The van der Waals surface area contributed by atoms with E-state index in [1.807, 2.05) is 0 Å². The third-order valence-electron chi connectivity index (χ3n) is 3.49. The molecule has 0 bridgehead atoms. The summed E-state index contributed by atoms with van der Waals surface area (Å²) in [4.78, 5) is 27.5. The van der Waals surface area contributed by atoms with Crippen LogP contribution in [0.5, 0.6) is 0 Å². The van der Waals surface area contributed by atoms with Crippen molar-refractivity contribution in [2.24, 2.45) is 0 Å². The molecule has 0 spiro atoms. The molecule has 5 nitrogen and oxygen atoms in total. The lowest BCUT2D eigenvalue weighted by Crippen LogP contribution is -2.38. The van der Waals surface area contributed by atoms with Gasteiger partial charge >= 0.3 is 0 Å². The molecule has 2 rings (SSSR count). The lowest BCUT2D eigenvalue weighted by atomic mass is 10.2. The quantitative estimate of drug-likeness (QED) is 0.840. The van der Waals surface area contributed by atoms with Gasteiger partial charge in [0.15, 0.2) is 0 Å². The zero-order chi connectivity index (χ0) is 15.2. The van der Waals surface area contributed by atoms with Crippen molar-refractivity contribution in [3.63, 3.8) is 0 Å². The van der Waals surface area contributed by atoms with Gasteiger partial charge in [-0.1, -0.05) is 0 Å². The Morgan fingerprint density at radius 1 is 1.10 bits per heavy atom. The molecule has 1 aromatic carbocycles. The lowest BCUT2D eigenvalue weighted by molar-refractivity contribution is -0.135. The summed E-state index contributed by atoms with van der Waals surface area (Å²) in [5.41, 5.74) is 0.466. The van der Waals surface area contributed by atoms with Crippen molar-refractivity contribution >= 4 is 11.8 Å². The predicted molar refractivity (Wildman–Crippen MR) is 75.4 cm³/mol. The topological polar surface area (TPSA) is 49.9 Å². The van der Waals surface area contributed by atoms with E-state index in [0.29, 0.717) is 31.7 Å². The van der Waals surface area contributed by atoms with Crippen LogP contribution in [0.4, 0.5) is 4.39 Å². The van der Waals surface area contributed by atoms with Crippen molar-refractivity contribution in [1.82, 2.24) is 9.80 Å². The molecule has 1 aromatic rings. The summed E-state index contributed by atoms with van der Waals surface area (Å²) in [5, 5.41) is 0. The minimum Gasteiger partial charge on any atom is -0.375 e. The summed E-state index contributed by atoms with van der Waals surface area (Å²) in [5.74, 6) is -0.552. The third kappa shape index (κ3) is 4.01. The van der Waals surface area contributed by atoms with Crippen LogP contribution in [-0.4, -0.2) is 61.5 Å². The van der Waals surface area contributed by atoms with Crippen molar-refractivity contribution in [2.45, 2.75) is 6.42 Å². The Morgan fingerprint density at radius 2 is 1.71 bits per heavy atom. The number of halogens is 1. The highest BCUT2D eigenvalue weighted by molar-refractivity contribution is 5.94. The van der Waals surface area contributed by atoms with E-state index in [9.17, 15) is 14.0 Å². The van der Waals surface area contributed by atoms with Crippen LogP contribution in [0, 0.1) is 5.82 Å². The second-order valence-electron chi connectivity index (χ2n) is 4.97. The van der Waals surface area contributed by atoms with Crippen LogP contribution in [0.15, 0.2) is 24.3 Å². The number of hydrogen-bond donors (Lipinski definition) is 0. The Kier molecular flexibility index (Phi) is 5.27. The molecule has 114 valence electrons. The fraction of sp³-hybridized carbons (Fsp3) is 0.467. The van der Waals surface area contributed by atoms with Gasteiger partial charge in [-0.05, 0) is 30.7 Å². The summed E-state index contributed by atoms with van der Waals surface area (Å²) in [7, 11) is 1.49. The van der Waals surface area contributed by atoms with Gasteiger partial charge in [0.1, 0.15) is 12.4 Å². The molecule has 0 unspecified atom stereocenters. The van der Waals surface area contributed by atoms with Gasteiger partial charge in [-0.3, -0.25) is 9.59 Å². The van der Waals surface area contributed by atoms with Gasteiger partial charge in [-0.2, -0.15) is 0 Å². The maximum Gasteiger partial charge on any atom is 0.253 e. The van der Waals surface area contributed by atoms with E-state index in [4.69, 9.17) is 4.74 Å². The number of rotatable bonds is 3. The first-order chi connectivity index (χ1) is 10.1. The van der Waals surface area contributed by atoms with Crippen LogP contribution < -0.4 is 0 Å². The summed E-state index contributed by atoms with van der Waals surface area (Å²) >= 11 is 0. The van der Waals surface area contributed by atoms with Gasteiger partial charge in [0.25, 0.3) is 5.91 Å². The summed E-state index contributed by atoms with van der Waals surface area (Å²) in [6, 6.07) is 5.52. The molecule has 2 amide bonds. The van der Waals surface area contributed by atoms with Crippen molar-refractivity contribution in [1.29, 1.82) is 0 Å². The fourth-order valence-electron chi connectivity index (χ4n) is 2.36. The Morgan fingerprint density at radius 3 is 2.38 bits per heavy atom. The van der Waals surface area contributed by atoms with Crippen molar-refractivity contribution in [3.05, 3.63) is 35.6 Å². The summed E-state index contributed by atoms with van der Waals surface area (Å²) in [6.45, 7) is 2.25. The van der Waals surface area contributed by atoms with E-state index in [1.54, 1.807) is 9.80 Å². The molecule has 1 fully saturated rings. The average molecular weight is 294 g/mol. The second-order valence-corrected chi connectivity index (χ2v) is 4.97. The Hall–Kier alpha value is -1.95. The number of benzene rings is 1. The van der Waals surface area contributed by atoms with Crippen molar-refractivity contribution < 1.29 is 18.7 Å². The molecule has 0 aliphatic carbocycles. The van der Waals surface area contributed by atoms with Gasteiger partial charge in [0.05, 0.1) is 0 Å². The van der Waals surface area contributed by atoms with E-state index in [2.05, 4.69) is 0 Å². The molecular formula is C15H19FN2O3. The SMILES string of the molecule is COCC(=O)N1CCCN(C(=O)c2ccc(F)cc2)CC1. The highest BCUT2D eigenvalue weighted by Gasteiger charge is 2.22. The van der Waals surface area contributed by atoms with Crippen LogP contribution in [0.3, 0.4) is 0 Å². The molecule has 0 aromatic heterocycles. The van der Waals surface area contributed by atoms with Gasteiger partial charge in [0, 0.05) is 38.9 Å². The number of amides is 2. The highest BCUT2D eigenvalue weighted by Crippen LogP contribution is 2.10. The highest BCUT2D eigenvalue weighted by atomic mass is 19.1. The number of carbonyl (C=O) groups excluding carboxylic acids is 2. The van der Waals surface area contributed by atoms with Crippen LogP contribution in [-0.2, 0) is 9.53 Å². The van der Waals surface area contributed by atoms with Gasteiger partial charge < -0.3 is 14.5 Å². The zero-order valence-electron chi connectivity index (χ0n) is 12.0. The standard InChI is InChI=1S/C15H19FN2O3/c1-21-11-14(19)17-7-2-8-18(10-9-17)15(20)12-3-5-13(16)6-4-12/h3-6H,2,7-11H2,1H3. The van der Waals surface area contributed by atoms with Gasteiger partial charge in [0.2, 0.25) is 5.91 Å². The molecule has 6 heteroatoms. The van der Waals surface area contributed by atoms with Gasteiger partial charge in [-0.25, -0.2) is 4.39 Å². The zero-order valence-corrected chi connectivity index (χ0v) is 12.0. The number of carbonyl (C=O) groups is 2. The largest absolute Gasteiger partial charge is 0.375 e. The van der Waals surface area contributed by atoms with Crippen LogP contribution in [0.1, 0.15) is 16.8 Å². The van der Waals surface area contributed by atoms with Gasteiger partial charge in [-0.15, -0.1) is 0 Å². The van der Waals surface area contributed by atoms with Crippen molar-refractivity contribution in [2.75, 3.05) is 39.9 Å². The Labute approximate surface area is 123 Å². The monoisotopic (exact) mass is 294 g/mol. The molecule has 1 heterocycles. The second kappa shape index (κ2) is 7.17.